The number of alkyl carbamates (subject to hydrolysis) is 1. The average Bonchev–Trinajstić information content (AvgIpc) is 2.76. The van der Waals surface area contributed by atoms with E-state index in [0.29, 0.717) is 12.3 Å². The third-order valence-corrected chi connectivity index (χ3v) is 6.55. The molecule has 0 heterocycles. The Labute approximate surface area is 231 Å². The molecule has 0 aromatic heterocycles. The van der Waals surface area contributed by atoms with Crippen LogP contribution in [0, 0.1) is 18.8 Å². The van der Waals surface area contributed by atoms with Gasteiger partial charge in [0.1, 0.15) is 17.7 Å². The van der Waals surface area contributed by atoms with Gasteiger partial charge in [-0.1, -0.05) is 58.4 Å². The predicted molar refractivity (Wildman–Crippen MR) is 155 cm³/mol. The number of amides is 3. The second-order valence-corrected chi connectivity index (χ2v) is 13.1. The van der Waals surface area contributed by atoms with E-state index in [1.54, 1.807) is 25.7 Å². The minimum atomic E-state index is -0.850. The van der Waals surface area contributed by atoms with Gasteiger partial charge in [-0.25, -0.2) is 4.79 Å². The van der Waals surface area contributed by atoms with E-state index in [1.165, 1.54) is 0 Å². The molecule has 38 heavy (non-hydrogen) atoms. The van der Waals surface area contributed by atoms with Crippen molar-refractivity contribution in [3.63, 3.8) is 0 Å². The molecule has 0 bridgehead atoms. The summed E-state index contributed by atoms with van der Waals surface area (Å²) in [6, 6.07) is 5.76. The molecule has 2 N–H and O–H groups in total. The van der Waals surface area contributed by atoms with Gasteiger partial charge in [0.05, 0.1) is 0 Å². The van der Waals surface area contributed by atoms with E-state index in [2.05, 4.69) is 24.5 Å². The van der Waals surface area contributed by atoms with Crippen LogP contribution in [-0.4, -0.2) is 46.0 Å². The van der Waals surface area contributed by atoms with E-state index in [-0.39, 0.29) is 23.8 Å². The number of hydrogen-bond acceptors (Lipinski definition) is 4. The first-order chi connectivity index (χ1) is 17.4. The lowest BCUT2D eigenvalue weighted by Crippen LogP contribution is -2.58. The molecule has 0 radical (unpaired) electrons. The van der Waals surface area contributed by atoms with Crippen LogP contribution in [0.1, 0.15) is 113 Å². The van der Waals surface area contributed by atoms with Gasteiger partial charge in [0.25, 0.3) is 0 Å². The van der Waals surface area contributed by atoms with Crippen LogP contribution >= 0.6 is 0 Å². The van der Waals surface area contributed by atoms with E-state index >= 15 is 0 Å². The van der Waals surface area contributed by atoms with Gasteiger partial charge in [-0.15, -0.1) is 0 Å². The first-order valence-corrected chi connectivity index (χ1v) is 14.1. The Balaban J connectivity index is 3.71. The number of carbonyl (C=O) groups excluding carboxylic acids is 3. The summed E-state index contributed by atoms with van der Waals surface area (Å²) >= 11 is 0. The van der Waals surface area contributed by atoms with Crippen molar-refractivity contribution in [2.45, 2.75) is 132 Å². The highest BCUT2D eigenvalue weighted by molar-refractivity contribution is 5.93. The molecule has 1 rings (SSSR count). The largest absolute Gasteiger partial charge is 0.444 e. The van der Waals surface area contributed by atoms with Crippen molar-refractivity contribution in [3.8, 4) is 0 Å². The van der Waals surface area contributed by atoms with Gasteiger partial charge in [-0.3, -0.25) is 9.59 Å². The molecule has 1 aromatic rings. The molecule has 0 aliphatic rings. The molecular weight excluding hydrogens is 478 g/mol. The van der Waals surface area contributed by atoms with Crippen molar-refractivity contribution in [1.29, 1.82) is 0 Å². The number of hydrogen-bond donors (Lipinski definition) is 2. The summed E-state index contributed by atoms with van der Waals surface area (Å²) in [5, 5.41) is 5.96. The summed E-state index contributed by atoms with van der Waals surface area (Å²) in [6.45, 7) is 23.3. The average molecular weight is 532 g/mol. The smallest absolute Gasteiger partial charge is 0.408 e. The predicted octanol–water partition coefficient (Wildman–Crippen LogP) is 6.54. The van der Waals surface area contributed by atoms with Gasteiger partial charge in [0.15, 0.2) is 0 Å². The first-order valence-electron chi connectivity index (χ1n) is 14.1. The fourth-order valence-corrected chi connectivity index (χ4v) is 4.34. The highest BCUT2D eigenvalue weighted by Gasteiger charge is 2.41. The molecule has 0 spiro atoms. The van der Waals surface area contributed by atoms with Crippen LogP contribution in [0.15, 0.2) is 24.3 Å². The van der Waals surface area contributed by atoms with Gasteiger partial charge in [0.2, 0.25) is 11.8 Å². The Kier molecular flexibility index (Phi) is 12.3. The zero-order chi connectivity index (χ0) is 29.4. The first kappa shape index (κ1) is 33.5. The standard InChI is InChI=1S/C31H53N3O4/c1-13-21(4)25(32-29(37)38-31(10,11)12)28(36)34(23(6)19-18-20(2)3)26(27(35)33-30(7,8)9)24-17-15-14-16-22(24)5/h14-17,20-21,23,25-26H,13,18-19H2,1-12H3,(H,32,37)(H,33,35). The topological polar surface area (TPSA) is 87.7 Å². The SMILES string of the molecule is CCC(C)C(NC(=O)OC(C)(C)C)C(=O)N(C(C)CCC(C)C)C(C(=O)NC(C)(C)C)c1ccccc1C. The fourth-order valence-electron chi connectivity index (χ4n) is 4.34. The van der Waals surface area contributed by atoms with Crippen LogP contribution < -0.4 is 10.6 Å². The van der Waals surface area contributed by atoms with Gasteiger partial charge in [-0.2, -0.15) is 0 Å². The van der Waals surface area contributed by atoms with E-state index in [4.69, 9.17) is 4.74 Å². The van der Waals surface area contributed by atoms with Crippen molar-refractivity contribution < 1.29 is 19.1 Å². The minimum absolute atomic E-state index is 0.169. The summed E-state index contributed by atoms with van der Waals surface area (Å²) in [7, 11) is 0. The maximum atomic E-state index is 14.5. The maximum Gasteiger partial charge on any atom is 0.408 e. The lowest BCUT2D eigenvalue weighted by molar-refractivity contribution is -0.146. The summed E-state index contributed by atoms with van der Waals surface area (Å²) < 4.78 is 5.51. The Morgan fingerprint density at radius 3 is 2.00 bits per heavy atom. The second-order valence-electron chi connectivity index (χ2n) is 13.1. The van der Waals surface area contributed by atoms with Crippen LogP contribution in [0.5, 0.6) is 0 Å². The summed E-state index contributed by atoms with van der Waals surface area (Å²) in [4.78, 5) is 43.0. The van der Waals surface area contributed by atoms with E-state index < -0.39 is 29.3 Å². The van der Waals surface area contributed by atoms with E-state index in [9.17, 15) is 14.4 Å². The molecule has 7 nitrogen and oxygen atoms in total. The zero-order valence-corrected chi connectivity index (χ0v) is 25.9. The van der Waals surface area contributed by atoms with Crippen molar-refractivity contribution in [2.24, 2.45) is 11.8 Å². The molecule has 216 valence electrons. The van der Waals surface area contributed by atoms with Gasteiger partial charge in [-0.05, 0) is 91.2 Å². The highest BCUT2D eigenvalue weighted by Crippen LogP contribution is 2.31. The molecule has 4 unspecified atom stereocenters. The normalized spacial score (nSPS) is 15.3. The Morgan fingerprint density at radius 1 is 0.947 bits per heavy atom. The third-order valence-electron chi connectivity index (χ3n) is 6.55. The quantitative estimate of drug-likeness (QED) is 0.339. The third kappa shape index (κ3) is 10.7. The molecule has 1 aromatic carbocycles. The Bertz CT molecular complexity index is 930. The summed E-state index contributed by atoms with van der Waals surface area (Å²) in [5.74, 6) is -0.242. The van der Waals surface area contributed by atoms with Gasteiger partial charge < -0.3 is 20.3 Å². The fraction of sp³-hybridized carbons (Fsp3) is 0.710. The molecular formula is C31H53N3O4. The maximum absolute atomic E-state index is 14.5. The second kappa shape index (κ2) is 14.0. The Hall–Kier alpha value is -2.57. The van der Waals surface area contributed by atoms with Crippen molar-refractivity contribution >= 4 is 17.9 Å². The molecule has 0 aliphatic heterocycles. The van der Waals surface area contributed by atoms with Crippen LogP contribution in [0.2, 0.25) is 0 Å². The number of nitrogens with zero attached hydrogens (tertiary/aromatic N) is 1. The lowest BCUT2D eigenvalue weighted by Gasteiger charge is -2.41. The monoisotopic (exact) mass is 531 g/mol. The summed E-state index contributed by atoms with van der Waals surface area (Å²) in [6.07, 6.45) is 1.66. The zero-order valence-electron chi connectivity index (χ0n) is 25.9. The molecule has 0 saturated heterocycles. The van der Waals surface area contributed by atoms with Crippen LogP contribution in [-0.2, 0) is 14.3 Å². The van der Waals surface area contributed by atoms with Crippen LogP contribution in [0.25, 0.3) is 0 Å². The van der Waals surface area contributed by atoms with Gasteiger partial charge in [0, 0.05) is 11.6 Å². The van der Waals surface area contributed by atoms with Gasteiger partial charge >= 0.3 is 6.09 Å². The molecule has 0 saturated carbocycles. The Morgan fingerprint density at radius 2 is 1.53 bits per heavy atom. The molecule has 7 heteroatoms. The number of aryl methyl sites for hydroxylation is 1. The number of rotatable bonds is 11. The minimum Gasteiger partial charge on any atom is -0.444 e. The highest BCUT2D eigenvalue weighted by atomic mass is 16.6. The van der Waals surface area contributed by atoms with E-state index in [1.807, 2.05) is 72.7 Å². The van der Waals surface area contributed by atoms with E-state index in [0.717, 1.165) is 24.0 Å². The van der Waals surface area contributed by atoms with Crippen LogP contribution in [0.3, 0.4) is 0 Å². The number of nitrogens with one attached hydrogen (secondary N) is 2. The van der Waals surface area contributed by atoms with Crippen molar-refractivity contribution in [3.05, 3.63) is 35.4 Å². The molecule has 4 atom stereocenters. The summed E-state index contributed by atoms with van der Waals surface area (Å²) in [5.41, 5.74) is 0.515. The number of carbonyl (C=O) groups is 3. The van der Waals surface area contributed by atoms with Crippen molar-refractivity contribution in [1.82, 2.24) is 15.5 Å². The molecule has 0 fully saturated rings. The number of ether oxygens (including phenoxy) is 1. The lowest BCUT2D eigenvalue weighted by atomic mass is 9.91. The number of benzene rings is 1. The van der Waals surface area contributed by atoms with Crippen LogP contribution in [0.4, 0.5) is 4.79 Å². The molecule has 3 amide bonds. The molecule has 0 aliphatic carbocycles. The van der Waals surface area contributed by atoms with Crippen molar-refractivity contribution in [2.75, 3.05) is 0 Å².